The van der Waals surface area contributed by atoms with Crippen LogP contribution in [0, 0.1) is 0 Å². The second-order valence-corrected chi connectivity index (χ2v) is 5.48. The summed E-state index contributed by atoms with van der Waals surface area (Å²) in [5.41, 5.74) is 0. The molecule has 0 bridgehead atoms. The van der Waals surface area contributed by atoms with Gasteiger partial charge in [0.1, 0.15) is 0 Å². The van der Waals surface area contributed by atoms with Gasteiger partial charge in [0, 0.05) is 7.92 Å². The van der Waals surface area contributed by atoms with Crippen LogP contribution < -0.4 is 10.6 Å². The summed E-state index contributed by atoms with van der Waals surface area (Å²) in [6, 6.07) is 18.0. The maximum Gasteiger partial charge on any atom is 0.263 e. The Morgan fingerprint density at radius 3 is 1.38 bits per heavy atom. The van der Waals surface area contributed by atoms with E-state index in [4.69, 9.17) is 0 Å². The molecule has 0 nitrogen and oxygen atoms in total. The summed E-state index contributed by atoms with van der Waals surface area (Å²) in [5.74, 6) is 0. The monoisotopic (exact) mass is 236 g/mol. The van der Waals surface area contributed by atoms with Crippen molar-refractivity contribution in [1.29, 1.82) is 0 Å². The fourth-order valence-corrected chi connectivity index (χ4v) is 3.29. The standard InChI is InChI=1S/C13H11F2P/c14-13(15)16(11-7-3-1-4-8-11)12-9-5-2-6-10-12/h1-10,13H. The quantitative estimate of drug-likeness (QED) is 0.717. The minimum Gasteiger partial charge on any atom is -0.205 e. The Bertz CT molecular complexity index is 389. The molecule has 0 amide bonds. The summed E-state index contributed by atoms with van der Waals surface area (Å²) in [7, 11) is -1.54. The van der Waals surface area contributed by atoms with Gasteiger partial charge in [-0.05, 0) is 10.6 Å². The molecule has 2 aromatic carbocycles. The molecule has 0 aromatic heterocycles. The molecular weight excluding hydrogens is 225 g/mol. The molecule has 0 aliphatic carbocycles. The molecule has 0 aliphatic heterocycles. The largest absolute Gasteiger partial charge is 0.263 e. The molecule has 0 radical (unpaired) electrons. The molecule has 16 heavy (non-hydrogen) atoms. The van der Waals surface area contributed by atoms with Gasteiger partial charge in [-0.15, -0.1) is 0 Å². The average Bonchev–Trinajstić information content (AvgIpc) is 2.31. The summed E-state index contributed by atoms with van der Waals surface area (Å²) < 4.78 is 26.2. The van der Waals surface area contributed by atoms with E-state index in [1.807, 2.05) is 12.1 Å². The Morgan fingerprint density at radius 2 is 1.06 bits per heavy atom. The Balaban J connectivity index is 2.40. The van der Waals surface area contributed by atoms with Crippen molar-refractivity contribution < 1.29 is 8.78 Å². The van der Waals surface area contributed by atoms with Crippen molar-refractivity contribution in [2.24, 2.45) is 0 Å². The van der Waals surface area contributed by atoms with Crippen LogP contribution in [0.25, 0.3) is 0 Å². The lowest BCUT2D eigenvalue weighted by Gasteiger charge is -2.16. The fourth-order valence-electron chi connectivity index (χ4n) is 1.55. The number of alkyl halides is 2. The minimum absolute atomic E-state index is 0.721. The van der Waals surface area contributed by atoms with Crippen molar-refractivity contribution in [3.63, 3.8) is 0 Å². The van der Waals surface area contributed by atoms with Gasteiger partial charge < -0.3 is 0 Å². The van der Waals surface area contributed by atoms with Crippen molar-refractivity contribution in [2.45, 2.75) is 6.17 Å². The summed E-state index contributed by atoms with van der Waals surface area (Å²) in [4.78, 5) is 0. The van der Waals surface area contributed by atoms with Gasteiger partial charge in [0.2, 0.25) is 0 Å². The predicted octanol–water partition coefficient (Wildman–Crippen LogP) is 3.34. The molecule has 82 valence electrons. The van der Waals surface area contributed by atoms with E-state index in [-0.39, 0.29) is 0 Å². The minimum atomic E-state index is -2.32. The van der Waals surface area contributed by atoms with Crippen LogP contribution in [0.3, 0.4) is 0 Å². The van der Waals surface area contributed by atoms with Gasteiger partial charge in [-0.2, -0.15) is 0 Å². The molecule has 0 aliphatic rings. The van der Waals surface area contributed by atoms with Crippen LogP contribution in [0.2, 0.25) is 0 Å². The van der Waals surface area contributed by atoms with E-state index in [0.29, 0.717) is 0 Å². The highest BCUT2D eigenvalue weighted by molar-refractivity contribution is 7.73. The van der Waals surface area contributed by atoms with Crippen molar-refractivity contribution in [3.05, 3.63) is 60.7 Å². The predicted molar refractivity (Wildman–Crippen MR) is 65.1 cm³/mol. The molecule has 0 saturated heterocycles. The third kappa shape index (κ3) is 2.45. The molecule has 0 saturated carbocycles. The molecule has 0 atom stereocenters. The zero-order chi connectivity index (χ0) is 11.4. The number of benzene rings is 2. The third-order valence-corrected chi connectivity index (χ3v) is 4.36. The second-order valence-electron chi connectivity index (χ2n) is 3.32. The van der Waals surface area contributed by atoms with E-state index in [1.54, 1.807) is 48.5 Å². The normalized spacial score (nSPS) is 11.0. The van der Waals surface area contributed by atoms with Crippen LogP contribution in [0.5, 0.6) is 0 Å². The van der Waals surface area contributed by atoms with Crippen molar-refractivity contribution in [1.82, 2.24) is 0 Å². The highest BCUT2D eigenvalue weighted by Crippen LogP contribution is 2.40. The summed E-state index contributed by atoms with van der Waals surface area (Å²) in [6.45, 7) is 0. The van der Waals surface area contributed by atoms with Crippen LogP contribution in [0.1, 0.15) is 0 Å². The summed E-state index contributed by atoms with van der Waals surface area (Å²) >= 11 is 0. The van der Waals surface area contributed by atoms with Crippen molar-refractivity contribution in [3.8, 4) is 0 Å². The van der Waals surface area contributed by atoms with Crippen molar-refractivity contribution in [2.75, 3.05) is 0 Å². The lowest BCUT2D eigenvalue weighted by Crippen LogP contribution is -2.16. The maximum absolute atomic E-state index is 13.1. The second kappa shape index (κ2) is 5.18. The molecule has 0 unspecified atom stereocenters. The Hall–Kier alpha value is -1.27. The summed E-state index contributed by atoms with van der Waals surface area (Å²) in [6.07, 6.45) is -2.32. The van der Waals surface area contributed by atoms with Gasteiger partial charge in [-0.25, -0.2) is 8.78 Å². The van der Waals surface area contributed by atoms with Crippen LogP contribution in [0.4, 0.5) is 8.78 Å². The van der Waals surface area contributed by atoms with E-state index in [9.17, 15) is 8.78 Å². The smallest absolute Gasteiger partial charge is 0.205 e. The van der Waals surface area contributed by atoms with Gasteiger partial charge in [0.25, 0.3) is 6.17 Å². The topological polar surface area (TPSA) is 0 Å². The highest BCUT2D eigenvalue weighted by Gasteiger charge is 2.23. The molecule has 2 rings (SSSR count). The lowest BCUT2D eigenvalue weighted by molar-refractivity contribution is 0.247. The number of halogens is 2. The number of rotatable bonds is 3. The van der Waals surface area contributed by atoms with Gasteiger partial charge >= 0.3 is 0 Å². The molecule has 0 fully saturated rings. The molecule has 0 N–H and O–H groups in total. The number of hydrogen-bond donors (Lipinski definition) is 0. The Kier molecular flexibility index (Phi) is 3.63. The van der Waals surface area contributed by atoms with Crippen LogP contribution in [-0.2, 0) is 0 Å². The van der Waals surface area contributed by atoms with Crippen molar-refractivity contribution >= 4 is 18.5 Å². The van der Waals surface area contributed by atoms with Gasteiger partial charge in [0.05, 0.1) is 0 Å². The first-order valence-corrected chi connectivity index (χ1v) is 6.37. The average molecular weight is 236 g/mol. The third-order valence-electron chi connectivity index (χ3n) is 2.26. The zero-order valence-electron chi connectivity index (χ0n) is 8.55. The van der Waals surface area contributed by atoms with E-state index in [2.05, 4.69) is 0 Å². The van der Waals surface area contributed by atoms with E-state index < -0.39 is 14.1 Å². The van der Waals surface area contributed by atoms with Gasteiger partial charge in [-0.3, -0.25) is 0 Å². The highest BCUT2D eigenvalue weighted by atomic mass is 31.1. The maximum atomic E-state index is 13.1. The van der Waals surface area contributed by atoms with Crippen LogP contribution in [0.15, 0.2) is 60.7 Å². The Morgan fingerprint density at radius 1 is 0.688 bits per heavy atom. The lowest BCUT2D eigenvalue weighted by atomic mass is 10.4. The fraction of sp³-hybridized carbons (Fsp3) is 0.0769. The molecule has 3 heteroatoms. The molecule has 0 spiro atoms. The van der Waals surface area contributed by atoms with E-state index >= 15 is 0 Å². The van der Waals surface area contributed by atoms with Crippen LogP contribution in [-0.4, -0.2) is 6.17 Å². The SMILES string of the molecule is FC(F)P(c1ccccc1)c1ccccc1. The molecular formula is C13H11F2P. The molecule has 2 aromatic rings. The number of hydrogen-bond acceptors (Lipinski definition) is 0. The van der Waals surface area contributed by atoms with Gasteiger partial charge in [-0.1, -0.05) is 60.7 Å². The molecule has 0 heterocycles. The summed E-state index contributed by atoms with van der Waals surface area (Å²) in [5, 5.41) is 1.44. The first-order valence-electron chi connectivity index (χ1n) is 4.96. The van der Waals surface area contributed by atoms with E-state index in [1.165, 1.54) is 0 Å². The first-order chi connectivity index (χ1) is 7.79. The first kappa shape index (κ1) is 11.2. The van der Waals surface area contributed by atoms with Gasteiger partial charge in [0.15, 0.2) is 0 Å². The Labute approximate surface area is 94.7 Å². The van der Waals surface area contributed by atoms with E-state index in [0.717, 1.165) is 10.6 Å². The zero-order valence-corrected chi connectivity index (χ0v) is 9.45. The van der Waals surface area contributed by atoms with Crippen LogP contribution >= 0.6 is 7.92 Å².